The predicted octanol–water partition coefficient (Wildman–Crippen LogP) is 1.06. The van der Waals surface area contributed by atoms with Crippen molar-refractivity contribution in [2.24, 2.45) is 0 Å². The van der Waals surface area contributed by atoms with Crippen LogP contribution in [0.4, 0.5) is 0 Å². The van der Waals surface area contributed by atoms with Gasteiger partial charge in [-0.3, -0.25) is 4.68 Å². The third-order valence-electron chi connectivity index (χ3n) is 2.67. The lowest BCUT2D eigenvalue weighted by Crippen LogP contribution is -2.16. The molecule has 0 bridgehead atoms. The van der Waals surface area contributed by atoms with E-state index in [9.17, 15) is 4.79 Å². The van der Waals surface area contributed by atoms with Gasteiger partial charge in [0.25, 0.3) is 0 Å². The number of aromatic nitrogens is 3. The second-order valence-electron chi connectivity index (χ2n) is 4.23. The Labute approximate surface area is 110 Å². The van der Waals surface area contributed by atoms with Crippen LogP contribution in [0.3, 0.4) is 0 Å². The maximum absolute atomic E-state index is 10.8. The summed E-state index contributed by atoms with van der Waals surface area (Å²) in [5.74, 6) is -0.384. The molecule has 0 saturated carbocycles. The van der Waals surface area contributed by atoms with Gasteiger partial charge >= 0.3 is 5.97 Å². The molecule has 102 valence electrons. The number of carbonyl (C=O) groups is 1. The van der Waals surface area contributed by atoms with Crippen LogP contribution >= 0.6 is 0 Å². The Bertz CT molecular complexity index is 533. The van der Waals surface area contributed by atoms with E-state index in [1.54, 1.807) is 23.9 Å². The minimum atomic E-state index is -1.03. The van der Waals surface area contributed by atoms with Gasteiger partial charge in [-0.05, 0) is 26.0 Å². The average molecular weight is 264 g/mol. The highest BCUT2D eigenvalue weighted by Gasteiger charge is 2.13. The molecule has 0 saturated heterocycles. The maximum Gasteiger partial charge on any atom is 0.372 e. The SMILES string of the molecule is Cc1cc(CNCCCn2ccnn2)oc1C(=O)O. The lowest BCUT2D eigenvalue weighted by molar-refractivity contribution is 0.0659. The summed E-state index contributed by atoms with van der Waals surface area (Å²) < 4.78 is 7.00. The van der Waals surface area contributed by atoms with Crippen LogP contribution in [0, 0.1) is 6.92 Å². The molecular formula is C12H16N4O3. The number of hydrogen-bond acceptors (Lipinski definition) is 5. The van der Waals surface area contributed by atoms with Crippen molar-refractivity contribution in [1.29, 1.82) is 0 Å². The lowest BCUT2D eigenvalue weighted by atomic mass is 10.2. The molecule has 0 aromatic carbocycles. The highest BCUT2D eigenvalue weighted by atomic mass is 16.4. The van der Waals surface area contributed by atoms with Gasteiger partial charge in [0.05, 0.1) is 12.7 Å². The molecule has 0 radical (unpaired) electrons. The summed E-state index contributed by atoms with van der Waals surface area (Å²) in [5.41, 5.74) is 0.645. The van der Waals surface area contributed by atoms with Crippen molar-refractivity contribution < 1.29 is 14.3 Å². The minimum Gasteiger partial charge on any atom is -0.475 e. The van der Waals surface area contributed by atoms with Gasteiger partial charge in [-0.25, -0.2) is 4.79 Å². The van der Waals surface area contributed by atoms with Crippen molar-refractivity contribution >= 4 is 5.97 Å². The Morgan fingerprint density at radius 1 is 1.58 bits per heavy atom. The first kappa shape index (κ1) is 13.3. The Morgan fingerprint density at radius 3 is 3.05 bits per heavy atom. The fraction of sp³-hybridized carbons (Fsp3) is 0.417. The van der Waals surface area contributed by atoms with E-state index < -0.39 is 5.97 Å². The van der Waals surface area contributed by atoms with Gasteiger partial charge in [0.1, 0.15) is 5.76 Å². The Hall–Kier alpha value is -2.15. The second-order valence-corrected chi connectivity index (χ2v) is 4.23. The molecule has 0 unspecified atom stereocenters. The first-order chi connectivity index (χ1) is 9.16. The van der Waals surface area contributed by atoms with Crippen LogP contribution in [0.5, 0.6) is 0 Å². The fourth-order valence-corrected chi connectivity index (χ4v) is 1.78. The van der Waals surface area contributed by atoms with Gasteiger partial charge in [0, 0.05) is 18.3 Å². The molecule has 2 N–H and O–H groups in total. The molecule has 2 aromatic rings. The predicted molar refractivity (Wildman–Crippen MR) is 66.8 cm³/mol. The van der Waals surface area contributed by atoms with Gasteiger partial charge in [0.15, 0.2) is 0 Å². The van der Waals surface area contributed by atoms with Crippen molar-refractivity contribution in [3.63, 3.8) is 0 Å². The number of hydrogen-bond donors (Lipinski definition) is 2. The zero-order valence-corrected chi connectivity index (χ0v) is 10.7. The molecule has 2 rings (SSSR count). The lowest BCUT2D eigenvalue weighted by Gasteiger charge is -2.02. The van der Waals surface area contributed by atoms with Crippen LogP contribution in [-0.2, 0) is 13.1 Å². The number of furan rings is 1. The van der Waals surface area contributed by atoms with Crippen molar-refractivity contribution in [2.45, 2.75) is 26.4 Å². The number of carboxylic acid groups (broad SMARTS) is 1. The maximum atomic E-state index is 10.8. The summed E-state index contributed by atoms with van der Waals surface area (Å²) in [7, 11) is 0. The molecule has 0 aliphatic carbocycles. The molecule has 0 aliphatic heterocycles. The van der Waals surface area contributed by atoms with E-state index in [0.717, 1.165) is 19.5 Å². The van der Waals surface area contributed by atoms with Crippen LogP contribution in [0.25, 0.3) is 0 Å². The first-order valence-corrected chi connectivity index (χ1v) is 6.04. The number of aromatic carboxylic acids is 1. The molecule has 0 atom stereocenters. The molecule has 19 heavy (non-hydrogen) atoms. The van der Waals surface area contributed by atoms with Crippen molar-refractivity contribution in [2.75, 3.05) is 6.54 Å². The zero-order chi connectivity index (χ0) is 13.7. The van der Waals surface area contributed by atoms with Gasteiger partial charge in [0.2, 0.25) is 5.76 Å². The smallest absolute Gasteiger partial charge is 0.372 e. The van der Waals surface area contributed by atoms with Crippen LogP contribution in [0.15, 0.2) is 22.9 Å². The molecule has 2 heterocycles. The molecule has 7 heteroatoms. The molecule has 0 aliphatic rings. The van der Waals surface area contributed by atoms with Crippen molar-refractivity contribution in [3.05, 3.63) is 35.5 Å². The summed E-state index contributed by atoms with van der Waals surface area (Å²) >= 11 is 0. The normalized spacial score (nSPS) is 10.8. The molecule has 0 fully saturated rings. The fourth-order valence-electron chi connectivity index (χ4n) is 1.78. The third kappa shape index (κ3) is 3.65. The van der Waals surface area contributed by atoms with E-state index in [1.165, 1.54) is 0 Å². The second kappa shape index (κ2) is 6.14. The van der Waals surface area contributed by atoms with E-state index in [2.05, 4.69) is 15.6 Å². The number of carboxylic acids is 1. The zero-order valence-electron chi connectivity index (χ0n) is 10.7. The Balaban J connectivity index is 1.71. The van der Waals surface area contributed by atoms with Crippen LogP contribution < -0.4 is 5.32 Å². The van der Waals surface area contributed by atoms with E-state index in [1.807, 2.05) is 6.20 Å². The molecule has 2 aromatic heterocycles. The Kier molecular flexibility index (Phi) is 4.30. The van der Waals surface area contributed by atoms with E-state index in [0.29, 0.717) is 17.9 Å². The quantitative estimate of drug-likeness (QED) is 0.726. The molecule has 0 spiro atoms. The monoisotopic (exact) mass is 264 g/mol. The summed E-state index contributed by atoms with van der Waals surface area (Å²) in [4.78, 5) is 10.8. The van der Waals surface area contributed by atoms with E-state index in [-0.39, 0.29) is 5.76 Å². The summed E-state index contributed by atoms with van der Waals surface area (Å²) in [6, 6.07) is 1.74. The summed E-state index contributed by atoms with van der Waals surface area (Å²) in [6.45, 7) is 3.83. The molecular weight excluding hydrogens is 248 g/mol. The van der Waals surface area contributed by atoms with Gasteiger partial charge in [-0.1, -0.05) is 5.21 Å². The molecule has 0 amide bonds. The van der Waals surface area contributed by atoms with Crippen molar-refractivity contribution in [3.8, 4) is 0 Å². The van der Waals surface area contributed by atoms with Gasteiger partial charge < -0.3 is 14.8 Å². The van der Waals surface area contributed by atoms with Crippen LogP contribution in [-0.4, -0.2) is 32.6 Å². The summed E-state index contributed by atoms with van der Waals surface area (Å²) in [5, 5.41) is 19.6. The number of nitrogens with one attached hydrogen (secondary N) is 1. The van der Waals surface area contributed by atoms with E-state index in [4.69, 9.17) is 9.52 Å². The summed E-state index contributed by atoms with van der Waals surface area (Å²) in [6.07, 6.45) is 4.37. The topological polar surface area (TPSA) is 93.2 Å². The Morgan fingerprint density at radius 2 is 2.42 bits per heavy atom. The number of aryl methyl sites for hydroxylation is 2. The van der Waals surface area contributed by atoms with Gasteiger partial charge in [-0.15, -0.1) is 5.10 Å². The van der Waals surface area contributed by atoms with Crippen molar-refractivity contribution in [1.82, 2.24) is 20.3 Å². The number of rotatable bonds is 7. The molecule has 7 nitrogen and oxygen atoms in total. The average Bonchev–Trinajstić information content (AvgIpc) is 2.98. The minimum absolute atomic E-state index is 0.0133. The van der Waals surface area contributed by atoms with Gasteiger partial charge in [-0.2, -0.15) is 0 Å². The standard InChI is InChI=1S/C12H16N4O3/c1-9-7-10(19-11(9)12(17)18)8-13-3-2-5-16-6-4-14-15-16/h4,6-7,13H,2-3,5,8H2,1H3,(H,17,18). The van der Waals surface area contributed by atoms with Crippen LogP contribution in [0.2, 0.25) is 0 Å². The van der Waals surface area contributed by atoms with Crippen LogP contribution in [0.1, 0.15) is 28.3 Å². The first-order valence-electron chi connectivity index (χ1n) is 6.04. The third-order valence-corrected chi connectivity index (χ3v) is 2.67. The van der Waals surface area contributed by atoms with E-state index >= 15 is 0 Å². The number of nitrogens with zero attached hydrogens (tertiary/aromatic N) is 3. The largest absolute Gasteiger partial charge is 0.475 e. The highest BCUT2D eigenvalue weighted by molar-refractivity contribution is 5.86. The highest BCUT2D eigenvalue weighted by Crippen LogP contribution is 2.14.